The van der Waals surface area contributed by atoms with Gasteiger partial charge in [0, 0.05) is 31.3 Å². The molecule has 1 aromatic carbocycles. The summed E-state index contributed by atoms with van der Waals surface area (Å²) < 4.78 is 5.31. The lowest BCUT2D eigenvalue weighted by Crippen LogP contribution is -2.49. The smallest absolute Gasteiger partial charge is 0.305 e. The van der Waals surface area contributed by atoms with Crippen LogP contribution in [0.25, 0.3) is 0 Å². The lowest BCUT2D eigenvalue weighted by Gasteiger charge is -2.35. The second-order valence-corrected chi connectivity index (χ2v) is 6.09. The number of hydrogen-bond donors (Lipinski definition) is 1. The highest BCUT2D eigenvalue weighted by atomic mass is 16.5. The molecule has 1 unspecified atom stereocenters. The van der Waals surface area contributed by atoms with Crippen molar-refractivity contribution in [2.45, 2.75) is 25.8 Å². The monoisotopic (exact) mass is 332 g/mol. The Morgan fingerprint density at radius 3 is 2.79 bits per heavy atom. The van der Waals surface area contributed by atoms with Gasteiger partial charge in [-0.05, 0) is 30.2 Å². The molecule has 1 atom stereocenters. The zero-order chi connectivity index (χ0) is 17.3. The fourth-order valence-electron chi connectivity index (χ4n) is 3.32. The number of benzene rings is 1. The number of hydrogen-bond acceptors (Lipinski definition) is 4. The molecule has 7 nitrogen and oxygen atoms in total. The number of aliphatic carboxylic acids is 1. The van der Waals surface area contributed by atoms with E-state index in [0.717, 1.165) is 17.7 Å². The molecule has 1 aromatic rings. The van der Waals surface area contributed by atoms with Crippen molar-refractivity contribution in [3.8, 4) is 0 Å². The Balaban J connectivity index is 1.82. The lowest BCUT2D eigenvalue weighted by molar-refractivity contribution is -0.139. The predicted octanol–water partition coefficient (Wildman–Crippen LogP) is 0.911. The molecule has 3 rings (SSSR count). The molecule has 24 heavy (non-hydrogen) atoms. The number of carboxylic acid groups (broad SMARTS) is 1. The summed E-state index contributed by atoms with van der Waals surface area (Å²) in [5.74, 6) is -1.15. The summed E-state index contributed by atoms with van der Waals surface area (Å²) in [6.45, 7) is 3.18. The minimum Gasteiger partial charge on any atom is -0.481 e. The van der Waals surface area contributed by atoms with Crippen LogP contribution in [0.5, 0.6) is 0 Å². The molecule has 1 saturated heterocycles. The number of ether oxygens (including phenoxy) is 1. The van der Waals surface area contributed by atoms with E-state index >= 15 is 0 Å². The number of carboxylic acids is 1. The number of carbonyl (C=O) groups is 3. The van der Waals surface area contributed by atoms with Crippen molar-refractivity contribution in [2.24, 2.45) is 0 Å². The SMILES string of the molecule is CC(=O)N1CCc2cc(C(=O)N3CCOCC3CC(=O)O)ccc21. The van der Waals surface area contributed by atoms with Crippen LogP contribution in [0.4, 0.5) is 5.69 Å². The highest BCUT2D eigenvalue weighted by Crippen LogP contribution is 2.29. The third-order valence-electron chi connectivity index (χ3n) is 4.50. The average Bonchev–Trinajstić information content (AvgIpc) is 2.97. The number of nitrogens with zero attached hydrogens (tertiary/aromatic N) is 2. The van der Waals surface area contributed by atoms with Crippen LogP contribution >= 0.6 is 0 Å². The summed E-state index contributed by atoms with van der Waals surface area (Å²) >= 11 is 0. The topological polar surface area (TPSA) is 87.2 Å². The Labute approximate surface area is 139 Å². The van der Waals surface area contributed by atoms with E-state index in [1.165, 1.54) is 6.92 Å². The summed E-state index contributed by atoms with van der Waals surface area (Å²) in [4.78, 5) is 38.7. The first-order chi connectivity index (χ1) is 11.5. The van der Waals surface area contributed by atoms with Crippen LogP contribution in [-0.4, -0.2) is 60.1 Å². The highest BCUT2D eigenvalue weighted by Gasteiger charge is 2.31. The summed E-state index contributed by atoms with van der Waals surface area (Å²) in [5, 5.41) is 9.01. The summed E-state index contributed by atoms with van der Waals surface area (Å²) in [7, 11) is 0. The van der Waals surface area contributed by atoms with Crippen LogP contribution in [-0.2, 0) is 20.7 Å². The Morgan fingerprint density at radius 2 is 2.08 bits per heavy atom. The van der Waals surface area contributed by atoms with Crippen LogP contribution < -0.4 is 4.90 Å². The molecule has 2 amide bonds. The second-order valence-electron chi connectivity index (χ2n) is 6.09. The van der Waals surface area contributed by atoms with Crippen molar-refractivity contribution in [1.29, 1.82) is 0 Å². The zero-order valence-electron chi connectivity index (χ0n) is 13.5. The molecule has 128 valence electrons. The Kier molecular flexibility index (Phi) is 4.53. The molecule has 0 aromatic heterocycles. The van der Waals surface area contributed by atoms with Crippen molar-refractivity contribution in [3.63, 3.8) is 0 Å². The number of rotatable bonds is 3. The molecule has 0 bridgehead atoms. The van der Waals surface area contributed by atoms with Gasteiger partial charge in [-0.25, -0.2) is 0 Å². The fraction of sp³-hybridized carbons (Fsp3) is 0.471. The molecule has 2 aliphatic heterocycles. The molecule has 2 heterocycles. The van der Waals surface area contributed by atoms with Gasteiger partial charge in [0.05, 0.1) is 25.7 Å². The fourth-order valence-corrected chi connectivity index (χ4v) is 3.32. The number of amides is 2. The van der Waals surface area contributed by atoms with Crippen LogP contribution in [0, 0.1) is 0 Å². The van der Waals surface area contributed by atoms with E-state index in [1.54, 1.807) is 21.9 Å². The third kappa shape index (κ3) is 3.12. The van der Waals surface area contributed by atoms with Crippen molar-refractivity contribution < 1.29 is 24.2 Å². The van der Waals surface area contributed by atoms with Crippen molar-refractivity contribution in [1.82, 2.24) is 4.90 Å². The Morgan fingerprint density at radius 1 is 1.29 bits per heavy atom. The van der Waals surface area contributed by atoms with E-state index in [0.29, 0.717) is 25.3 Å². The molecule has 7 heteroatoms. The maximum atomic E-state index is 12.8. The summed E-state index contributed by atoms with van der Waals surface area (Å²) in [5.41, 5.74) is 2.35. The van der Waals surface area contributed by atoms with Crippen molar-refractivity contribution in [2.75, 3.05) is 31.2 Å². The summed E-state index contributed by atoms with van der Waals surface area (Å²) in [6, 6.07) is 4.86. The highest BCUT2D eigenvalue weighted by molar-refractivity contribution is 5.98. The van der Waals surface area contributed by atoms with E-state index < -0.39 is 12.0 Å². The molecule has 0 spiro atoms. The van der Waals surface area contributed by atoms with Crippen molar-refractivity contribution in [3.05, 3.63) is 29.3 Å². The van der Waals surface area contributed by atoms with E-state index in [-0.39, 0.29) is 24.8 Å². The largest absolute Gasteiger partial charge is 0.481 e. The number of morpholine rings is 1. The van der Waals surface area contributed by atoms with Gasteiger partial charge in [0.15, 0.2) is 0 Å². The minimum atomic E-state index is -0.950. The molecule has 1 N–H and O–H groups in total. The first-order valence-corrected chi connectivity index (χ1v) is 7.99. The molecule has 1 fully saturated rings. The Bertz CT molecular complexity index is 688. The molecular formula is C17H20N2O5. The lowest BCUT2D eigenvalue weighted by atomic mass is 10.1. The van der Waals surface area contributed by atoms with Gasteiger partial charge < -0.3 is 19.6 Å². The summed E-state index contributed by atoms with van der Waals surface area (Å²) in [6.07, 6.45) is 0.590. The van der Waals surface area contributed by atoms with Crippen molar-refractivity contribution >= 4 is 23.5 Å². The molecule has 2 aliphatic rings. The van der Waals surface area contributed by atoms with Crippen LogP contribution in [0.2, 0.25) is 0 Å². The normalized spacial score (nSPS) is 20.0. The van der Waals surface area contributed by atoms with E-state index in [1.807, 2.05) is 6.07 Å². The van der Waals surface area contributed by atoms with E-state index in [9.17, 15) is 14.4 Å². The number of carbonyl (C=O) groups excluding carboxylic acids is 2. The van der Waals surface area contributed by atoms with Gasteiger partial charge in [-0.3, -0.25) is 14.4 Å². The second kappa shape index (κ2) is 6.60. The first-order valence-electron chi connectivity index (χ1n) is 7.99. The van der Waals surface area contributed by atoms with E-state index in [4.69, 9.17) is 9.84 Å². The predicted molar refractivity (Wildman–Crippen MR) is 86.1 cm³/mol. The van der Waals surface area contributed by atoms with Gasteiger partial charge in [0.2, 0.25) is 5.91 Å². The average molecular weight is 332 g/mol. The maximum Gasteiger partial charge on any atom is 0.305 e. The van der Waals surface area contributed by atoms with Crippen LogP contribution in [0.1, 0.15) is 29.3 Å². The molecule has 0 aliphatic carbocycles. The van der Waals surface area contributed by atoms with Gasteiger partial charge in [-0.1, -0.05) is 0 Å². The number of anilines is 1. The van der Waals surface area contributed by atoms with E-state index in [2.05, 4.69) is 0 Å². The van der Waals surface area contributed by atoms with Gasteiger partial charge in [-0.15, -0.1) is 0 Å². The zero-order valence-corrected chi connectivity index (χ0v) is 13.5. The maximum absolute atomic E-state index is 12.8. The van der Waals surface area contributed by atoms with Gasteiger partial charge in [-0.2, -0.15) is 0 Å². The minimum absolute atomic E-state index is 0.0115. The van der Waals surface area contributed by atoms with Gasteiger partial charge in [0.1, 0.15) is 0 Å². The molecule has 0 radical (unpaired) electrons. The van der Waals surface area contributed by atoms with Crippen LogP contribution in [0.3, 0.4) is 0 Å². The first kappa shape index (κ1) is 16.4. The van der Waals surface area contributed by atoms with Gasteiger partial charge in [0.25, 0.3) is 5.91 Å². The molecule has 0 saturated carbocycles. The Hall–Kier alpha value is -2.41. The van der Waals surface area contributed by atoms with Crippen LogP contribution in [0.15, 0.2) is 18.2 Å². The molecular weight excluding hydrogens is 312 g/mol. The quantitative estimate of drug-likeness (QED) is 0.889. The number of fused-ring (bicyclic) bond motifs is 1. The van der Waals surface area contributed by atoms with Gasteiger partial charge >= 0.3 is 5.97 Å². The third-order valence-corrected chi connectivity index (χ3v) is 4.50. The standard InChI is InChI=1S/C17H20N2O5/c1-11(20)18-5-4-12-8-13(2-3-15(12)18)17(23)19-6-7-24-10-14(19)9-16(21)22/h2-3,8,14H,4-7,9-10H2,1H3,(H,21,22).